The Hall–Kier alpha value is -1.77. The van der Waals surface area contributed by atoms with Crippen LogP contribution in [0.4, 0.5) is 0 Å². The Morgan fingerprint density at radius 1 is 0.821 bits per heavy atom. The fourth-order valence-electron chi connectivity index (χ4n) is 3.65. The summed E-state index contributed by atoms with van der Waals surface area (Å²) in [6.07, 6.45) is 16.7. The first-order valence-corrected chi connectivity index (χ1v) is 11.5. The van der Waals surface area contributed by atoms with Gasteiger partial charge in [-0.2, -0.15) is 0 Å². The molecule has 0 fully saturated rings. The zero-order chi connectivity index (χ0) is 20.0. The third-order valence-electron chi connectivity index (χ3n) is 5.44. The number of ether oxygens (including phenoxy) is 1. The number of carbonyl (C=O) groups is 1. The highest BCUT2D eigenvalue weighted by Gasteiger charge is 2.09. The first-order chi connectivity index (χ1) is 13.7. The van der Waals surface area contributed by atoms with E-state index < -0.39 is 0 Å². The van der Waals surface area contributed by atoms with Gasteiger partial charge in [-0.05, 0) is 43.5 Å². The van der Waals surface area contributed by atoms with E-state index in [1.54, 1.807) is 0 Å². The normalized spacial score (nSPS) is 11.2. The minimum absolute atomic E-state index is 0.215. The number of carbonyl (C=O) groups excluding carboxylic acids is 1. The predicted molar refractivity (Wildman–Crippen MR) is 119 cm³/mol. The molecule has 3 heteroatoms. The average Bonchev–Trinajstić information content (AvgIpc) is 3.11. The van der Waals surface area contributed by atoms with E-state index in [0.717, 1.165) is 30.2 Å². The molecule has 0 atom stereocenters. The lowest BCUT2D eigenvalue weighted by molar-refractivity contribution is 0.0500. The molecular formula is C25H39NO2. The molecule has 0 unspecified atom stereocenters. The number of hydrogen-bond donors (Lipinski definition) is 1. The van der Waals surface area contributed by atoms with Gasteiger partial charge in [0.2, 0.25) is 0 Å². The molecule has 0 aliphatic rings. The number of H-pyrrole nitrogens is 1. The highest BCUT2D eigenvalue weighted by atomic mass is 16.5. The van der Waals surface area contributed by atoms with Gasteiger partial charge in [-0.15, -0.1) is 0 Å². The second kappa shape index (κ2) is 13.4. The van der Waals surface area contributed by atoms with Crippen molar-refractivity contribution in [2.45, 2.75) is 97.3 Å². The second-order valence-electron chi connectivity index (χ2n) is 8.02. The molecule has 28 heavy (non-hydrogen) atoms. The number of esters is 1. The smallest absolute Gasteiger partial charge is 0.338 e. The maximum atomic E-state index is 12.1. The van der Waals surface area contributed by atoms with Gasteiger partial charge in [0.25, 0.3) is 0 Å². The molecule has 1 N–H and O–H groups in total. The minimum atomic E-state index is -0.215. The van der Waals surface area contributed by atoms with E-state index in [2.05, 4.69) is 24.9 Å². The Morgan fingerprint density at radius 3 is 2.14 bits per heavy atom. The highest BCUT2D eigenvalue weighted by molar-refractivity contribution is 5.94. The lowest BCUT2D eigenvalue weighted by atomic mass is 10.1. The first kappa shape index (κ1) is 22.5. The summed E-state index contributed by atoms with van der Waals surface area (Å²) in [5.74, 6) is -0.215. The van der Waals surface area contributed by atoms with E-state index in [0.29, 0.717) is 12.2 Å². The third kappa shape index (κ3) is 8.08. The van der Waals surface area contributed by atoms with E-state index in [1.165, 1.54) is 69.9 Å². The number of nitrogens with one attached hydrogen (secondary N) is 1. The molecule has 0 spiro atoms. The molecule has 0 amide bonds. The van der Waals surface area contributed by atoms with Crippen molar-refractivity contribution >= 4 is 16.9 Å². The van der Waals surface area contributed by atoms with Crippen LogP contribution in [0.25, 0.3) is 10.9 Å². The lowest BCUT2D eigenvalue weighted by Gasteiger charge is -2.03. The average molecular weight is 386 g/mol. The first-order valence-electron chi connectivity index (χ1n) is 11.5. The van der Waals surface area contributed by atoms with E-state index in [4.69, 9.17) is 4.74 Å². The lowest BCUT2D eigenvalue weighted by Crippen LogP contribution is -2.05. The molecule has 1 aromatic heterocycles. The standard InChI is InChI=1S/C25H39NO2/c1-3-5-7-8-9-10-11-12-13-14-15-23-20-22-19-21(16-17-24(22)26-23)25(27)28-18-6-4-2/h16-17,19-20,26H,3-15,18H2,1-2H3. The predicted octanol–water partition coefficient (Wildman–Crippen LogP) is 7.59. The molecule has 3 nitrogen and oxygen atoms in total. The van der Waals surface area contributed by atoms with Gasteiger partial charge >= 0.3 is 5.97 Å². The maximum Gasteiger partial charge on any atom is 0.338 e. The second-order valence-corrected chi connectivity index (χ2v) is 8.02. The molecule has 156 valence electrons. The van der Waals surface area contributed by atoms with Crippen LogP contribution in [-0.4, -0.2) is 17.6 Å². The highest BCUT2D eigenvalue weighted by Crippen LogP contribution is 2.20. The summed E-state index contributed by atoms with van der Waals surface area (Å²) in [5, 5.41) is 1.10. The van der Waals surface area contributed by atoms with Gasteiger partial charge < -0.3 is 9.72 Å². The van der Waals surface area contributed by atoms with Crippen LogP contribution in [0.15, 0.2) is 24.3 Å². The quantitative estimate of drug-likeness (QED) is 0.253. The molecule has 2 aromatic rings. The van der Waals surface area contributed by atoms with Crippen molar-refractivity contribution in [3.8, 4) is 0 Å². The van der Waals surface area contributed by atoms with Crippen LogP contribution in [0.2, 0.25) is 0 Å². The van der Waals surface area contributed by atoms with E-state index >= 15 is 0 Å². The zero-order valence-corrected chi connectivity index (χ0v) is 18.0. The van der Waals surface area contributed by atoms with Gasteiger partial charge in [0.05, 0.1) is 12.2 Å². The zero-order valence-electron chi connectivity index (χ0n) is 18.0. The molecule has 1 heterocycles. The van der Waals surface area contributed by atoms with E-state index in [1.807, 2.05) is 18.2 Å². The Kier molecular flexibility index (Phi) is 10.8. The van der Waals surface area contributed by atoms with Crippen molar-refractivity contribution in [1.29, 1.82) is 0 Å². The Bertz CT molecular complexity index is 689. The van der Waals surface area contributed by atoms with Crippen molar-refractivity contribution in [3.63, 3.8) is 0 Å². The Morgan fingerprint density at radius 2 is 1.46 bits per heavy atom. The molecule has 0 aliphatic carbocycles. The summed E-state index contributed by atoms with van der Waals surface area (Å²) in [6, 6.07) is 7.99. The largest absolute Gasteiger partial charge is 0.462 e. The van der Waals surface area contributed by atoms with E-state index in [9.17, 15) is 4.79 Å². The van der Waals surface area contributed by atoms with Gasteiger partial charge in [0.1, 0.15) is 0 Å². The summed E-state index contributed by atoms with van der Waals surface area (Å²) in [7, 11) is 0. The van der Waals surface area contributed by atoms with Crippen LogP contribution in [0, 0.1) is 0 Å². The van der Waals surface area contributed by atoms with Crippen molar-refractivity contribution in [2.75, 3.05) is 6.61 Å². The molecule has 2 rings (SSSR count). The SMILES string of the molecule is CCCCCCCCCCCCc1cc2cc(C(=O)OCCCC)ccc2[nH]1. The van der Waals surface area contributed by atoms with E-state index in [-0.39, 0.29) is 5.97 Å². The number of fused-ring (bicyclic) bond motifs is 1. The number of benzene rings is 1. The maximum absolute atomic E-state index is 12.1. The van der Waals surface area contributed by atoms with Crippen molar-refractivity contribution in [3.05, 3.63) is 35.5 Å². The van der Waals surface area contributed by atoms with Gasteiger partial charge in [-0.3, -0.25) is 0 Å². The van der Waals surface area contributed by atoms with Gasteiger partial charge in [-0.1, -0.05) is 78.1 Å². The monoisotopic (exact) mass is 385 g/mol. The molecular weight excluding hydrogens is 346 g/mol. The third-order valence-corrected chi connectivity index (χ3v) is 5.44. The van der Waals surface area contributed by atoms with Gasteiger partial charge in [0.15, 0.2) is 0 Å². The van der Waals surface area contributed by atoms with Crippen LogP contribution in [0.3, 0.4) is 0 Å². The van der Waals surface area contributed by atoms with Crippen molar-refractivity contribution in [2.24, 2.45) is 0 Å². The summed E-state index contributed by atoms with van der Waals surface area (Å²) >= 11 is 0. The summed E-state index contributed by atoms with van der Waals surface area (Å²) in [4.78, 5) is 15.6. The molecule has 0 saturated heterocycles. The molecule has 0 radical (unpaired) electrons. The van der Waals surface area contributed by atoms with Crippen LogP contribution in [0.5, 0.6) is 0 Å². The fourth-order valence-corrected chi connectivity index (χ4v) is 3.65. The van der Waals surface area contributed by atoms with Crippen molar-refractivity contribution in [1.82, 2.24) is 4.98 Å². The summed E-state index contributed by atoms with van der Waals surface area (Å²) < 4.78 is 5.31. The molecule has 0 saturated carbocycles. The molecule has 1 aromatic carbocycles. The topological polar surface area (TPSA) is 42.1 Å². The number of unbranched alkanes of at least 4 members (excludes halogenated alkanes) is 10. The number of rotatable bonds is 15. The van der Waals surface area contributed by atoms with Crippen LogP contribution in [0.1, 0.15) is 107 Å². The molecule has 0 bridgehead atoms. The summed E-state index contributed by atoms with van der Waals surface area (Å²) in [6.45, 7) is 4.87. The number of aromatic nitrogens is 1. The Balaban J connectivity index is 1.67. The molecule has 0 aliphatic heterocycles. The minimum Gasteiger partial charge on any atom is -0.462 e. The van der Waals surface area contributed by atoms with Crippen molar-refractivity contribution < 1.29 is 9.53 Å². The number of aryl methyl sites for hydroxylation is 1. The van der Waals surface area contributed by atoms with Crippen LogP contribution in [-0.2, 0) is 11.2 Å². The summed E-state index contributed by atoms with van der Waals surface area (Å²) in [5.41, 5.74) is 3.02. The van der Waals surface area contributed by atoms with Gasteiger partial charge in [-0.25, -0.2) is 4.79 Å². The van der Waals surface area contributed by atoms with Crippen LogP contribution < -0.4 is 0 Å². The number of aromatic amines is 1. The van der Waals surface area contributed by atoms with Gasteiger partial charge in [0, 0.05) is 16.6 Å². The fraction of sp³-hybridized carbons (Fsp3) is 0.640. The number of hydrogen-bond acceptors (Lipinski definition) is 2. The van der Waals surface area contributed by atoms with Crippen LogP contribution >= 0.6 is 0 Å². The Labute approximate surface area is 171 Å².